The molecule has 1 aliphatic carbocycles. The van der Waals surface area contributed by atoms with Gasteiger partial charge in [0.2, 0.25) is 5.91 Å². The Hall–Kier alpha value is -2.69. The average Bonchev–Trinajstić information content (AvgIpc) is 3.32. The molecule has 0 aromatic heterocycles. The monoisotopic (exact) mass is 392 g/mol. The van der Waals surface area contributed by atoms with Crippen LogP contribution >= 0.6 is 0 Å². The van der Waals surface area contributed by atoms with E-state index in [4.69, 9.17) is 0 Å². The van der Waals surface area contributed by atoms with Gasteiger partial charge in [-0.25, -0.2) is 4.39 Å². The molecule has 2 heterocycles. The Morgan fingerprint density at radius 1 is 1.00 bits per heavy atom. The quantitative estimate of drug-likeness (QED) is 0.712. The number of hydrogen-bond acceptors (Lipinski definition) is 2. The van der Waals surface area contributed by atoms with Crippen molar-refractivity contribution >= 4 is 23.2 Å². The van der Waals surface area contributed by atoms with Crippen LogP contribution in [0.3, 0.4) is 0 Å². The summed E-state index contributed by atoms with van der Waals surface area (Å²) in [7, 11) is 0. The summed E-state index contributed by atoms with van der Waals surface area (Å²) in [5.41, 5.74) is 3.76. The van der Waals surface area contributed by atoms with E-state index >= 15 is 0 Å². The zero-order valence-electron chi connectivity index (χ0n) is 16.7. The normalized spacial score (nSPS) is 19.4. The molecular weight excluding hydrogens is 367 g/mol. The van der Waals surface area contributed by atoms with Crippen molar-refractivity contribution < 1.29 is 14.0 Å². The van der Waals surface area contributed by atoms with Gasteiger partial charge in [0.1, 0.15) is 5.82 Å². The second kappa shape index (κ2) is 6.68. The molecule has 0 saturated heterocycles. The van der Waals surface area contributed by atoms with Crippen LogP contribution in [0.2, 0.25) is 0 Å². The number of amides is 2. The standard InChI is InChI=1S/C24H25FN2O2/c1-16(28)26-13-5-6-17-14-18(9-10-20(17)26)23(29)27-15-24(11-2-3-12-24)22-19(25)7-4-8-21(22)27/h4,7-10,14H,2-3,5-6,11-13,15H2,1H3. The molecule has 0 bridgehead atoms. The maximum absolute atomic E-state index is 14.8. The summed E-state index contributed by atoms with van der Waals surface area (Å²) < 4.78 is 14.8. The third-order valence-electron chi connectivity index (χ3n) is 6.90. The molecular formula is C24H25FN2O2. The lowest BCUT2D eigenvalue weighted by atomic mass is 9.80. The number of benzene rings is 2. The van der Waals surface area contributed by atoms with Gasteiger partial charge >= 0.3 is 0 Å². The number of rotatable bonds is 1. The maximum atomic E-state index is 14.8. The predicted molar refractivity (Wildman–Crippen MR) is 111 cm³/mol. The molecule has 2 aromatic carbocycles. The number of aryl methyl sites for hydroxylation is 1. The van der Waals surface area contributed by atoms with Crippen LogP contribution < -0.4 is 9.80 Å². The molecule has 1 saturated carbocycles. The summed E-state index contributed by atoms with van der Waals surface area (Å²) >= 11 is 0. The Kier molecular flexibility index (Phi) is 4.23. The van der Waals surface area contributed by atoms with E-state index in [1.165, 1.54) is 6.07 Å². The average molecular weight is 392 g/mol. The predicted octanol–water partition coefficient (Wildman–Crippen LogP) is 4.60. The first kappa shape index (κ1) is 18.3. The van der Waals surface area contributed by atoms with Crippen molar-refractivity contribution in [3.05, 3.63) is 58.9 Å². The first-order valence-electron chi connectivity index (χ1n) is 10.5. The van der Waals surface area contributed by atoms with Crippen molar-refractivity contribution in [3.63, 3.8) is 0 Å². The van der Waals surface area contributed by atoms with Crippen LogP contribution in [0.4, 0.5) is 15.8 Å². The van der Waals surface area contributed by atoms with Crippen molar-refractivity contribution in [2.24, 2.45) is 0 Å². The Balaban J connectivity index is 1.52. The van der Waals surface area contributed by atoms with Crippen LogP contribution in [0.5, 0.6) is 0 Å². The zero-order valence-corrected chi connectivity index (χ0v) is 16.7. The molecule has 5 heteroatoms. The molecule has 0 unspecified atom stereocenters. The van der Waals surface area contributed by atoms with Gasteiger partial charge in [-0.3, -0.25) is 9.59 Å². The lowest BCUT2D eigenvalue weighted by molar-refractivity contribution is -0.116. The molecule has 4 nitrogen and oxygen atoms in total. The number of halogens is 1. The molecule has 150 valence electrons. The van der Waals surface area contributed by atoms with Gasteiger partial charge in [-0.15, -0.1) is 0 Å². The van der Waals surface area contributed by atoms with E-state index in [1.54, 1.807) is 28.9 Å². The number of hydrogen-bond donors (Lipinski definition) is 0. The van der Waals surface area contributed by atoms with Crippen LogP contribution in [0.1, 0.15) is 60.5 Å². The fraction of sp³-hybridized carbons (Fsp3) is 0.417. The van der Waals surface area contributed by atoms with Crippen molar-refractivity contribution in [1.82, 2.24) is 0 Å². The molecule has 0 N–H and O–H groups in total. The number of carbonyl (C=O) groups excluding carboxylic acids is 2. The lowest BCUT2D eigenvalue weighted by Gasteiger charge is -2.29. The van der Waals surface area contributed by atoms with E-state index in [9.17, 15) is 14.0 Å². The van der Waals surface area contributed by atoms with E-state index < -0.39 is 0 Å². The van der Waals surface area contributed by atoms with Gasteiger partial charge in [-0.1, -0.05) is 18.9 Å². The fourth-order valence-electron chi connectivity index (χ4n) is 5.58. The fourth-order valence-corrected chi connectivity index (χ4v) is 5.58. The second-order valence-corrected chi connectivity index (χ2v) is 8.63. The summed E-state index contributed by atoms with van der Waals surface area (Å²) in [6.07, 6.45) is 5.77. The zero-order chi connectivity index (χ0) is 20.2. The van der Waals surface area contributed by atoms with Crippen LogP contribution in [0.25, 0.3) is 0 Å². The highest BCUT2D eigenvalue weighted by Gasteiger charge is 2.48. The number of carbonyl (C=O) groups is 2. The van der Waals surface area contributed by atoms with Crippen molar-refractivity contribution in [1.29, 1.82) is 0 Å². The van der Waals surface area contributed by atoms with Crippen LogP contribution in [-0.2, 0) is 16.6 Å². The molecule has 1 fully saturated rings. The number of anilines is 2. The first-order valence-corrected chi connectivity index (χ1v) is 10.5. The number of fused-ring (bicyclic) bond motifs is 3. The molecule has 2 amide bonds. The number of nitrogens with zero attached hydrogens (tertiary/aromatic N) is 2. The SMILES string of the molecule is CC(=O)N1CCCc2cc(C(=O)N3CC4(CCCC4)c4c(F)cccc43)ccc21. The highest BCUT2D eigenvalue weighted by Crippen LogP contribution is 2.51. The minimum Gasteiger partial charge on any atom is -0.312 e. The molecule has 2 aromatic rings. The van der Waals surface area contributed by atoms with E-state index in [1.807, 2.05) is 18.2 Å². The van der Waals surface area contributed by atoms with Crippen molar-refractivity contribution in [3.8, 4) is 0 Å². The lowest BCUT2D eigenvalue weighted by Crippen LogP contribution is -2.36. The van der Waals surface area contributed by atoms with Gasteiger partial charge in [0, 0.05) is 42.2 Å². The van der Waals surface area contributed by atoms with Gasteiger partial charge < -0.3 is 9.80 Å². The summed E-state index contributed by atoms with van der Waals surface area (Å²) in [6, 6.07) is 10.7. The van der Waals surface area contributed by atoms with Crippen LogP contribution in [-0.4, -0.2) is 24.9 Å². The minimum absolute atomic E-state index is 0.0251. The Morgan fingerprint density at radius 3 is 2.55 bits per heavy atom. The van der Waals surface area contributed by atoms with Gasteiger partial charge in [-0.05, 0) is 61.6 Å². The molecule has 0 atom stereocenters. The van der Waals surface area contributed by atoms with Gasteiger partial charge in [0.05, 0.1) is 5.69 Å². The van der Waals surface area contributed by atoms with E-state index in [2.05, 4.69) is 0 Å². The Bertz CT molecular complexity index is 1010. The largest absolute Gasteiger partial charge is 0.312 e. The third-order valence-corrected chi connectivity index (χ3v) is 6.90. The minimum atomic E-state index is -0.240. The topological polar surface area (TPSA) is 40.6 Å². The molecule has 1 spiro atoms. The van der Waals surface area contributed by atoms with Crippen molar-refractivity contribution in [2.45, 2.75) is 50.9 Å². The maximum Gasteiger partial charge on any atom is 0.258 e. The van der Waals surface area contributed by atoms with Crippen molar-refractivity contribution in [2.75, 3.05) is 22.9 Å². The van der Waals surface area contributed by atoms with Gasteiger partial charge in [-0.2, -0.15) is 0 Å². The molecule has 0 radical (unpaired) electrons. The van der Waals surface area contributed by atoms with Crippen LogP contribution in [0, 0.1) is 5.82 Å². The summed E-state index contributed by atoms with van der Waals surface area (Å²) in [6.45, 7) is 2.85. The third kappa shape index (κ3) is 2.78. The van der Waals surface area contributed by atoms with E-state index in [0.717, 1.165) is 67.6 Å². The molecule has 3 aliphatic rings. The second-order valence-electron chi connectivity index (χ2n) is 8.63. The highest BCUT2D eigenvalue weighted by molar-refractivity contribution is 6.08. The highest BCUT2D eigenvalue weighted by atomic mass is 19.1. The Labute approximate surface area is 170 Å². The molecule has 2 aliphatic heterocycles. The van der Waals surface area contributed by atoms with Crippen LogP contribution in [0.15, 0.2) is 36.4 Å². The van der Waals surface area contributed by atoms with Gasteiger partial charge in [0.25, 0.3) is 5.91 Å². The molecule has 5 rings (SSSR count). The van der Waals surface area contributed by atoms with Gasteiger partial charge in [0.15, 0.2) is 0 Å². The molecule has 29 heavy (non-hydrogen) atoms. The van der Waals surface area contributed by atoms with E-state index in [0.29, 0.717) is 12.1 Å². The summed E-state index contributed by atoms with van der Waals surface area (Å²) in [4.78, 5) is 29.0. The van der Waals surface area contributed by atoms with E-state index in [-0.39, 0.29) is 23.0 Å². The Morgan fingerprint density at radius 2 is 1.79 bits per heavy atom. The summed E-state index contributed by atoms with van der Waals surface area (Å²) in [5.74, 6) is -0.247. The summed E-state index contributed by atoms with van der Waals surface area (Å²) in [5, 5.41) is 0. The first-order chi connectivity index (χ1) is 14.0. The smallest absolute Gasteiger partial charge is 0.258 e.